The second-order valence-corrected chi connectivity index (χ2v) is 5.85. The SMILES string of the molecule is O=C(Nc1ccc(F)cc1)N[C@@H]1CCN(C(=O)c2cccc(F)c2)C1. The van der Waals surface area contributed by atoms with E-state index in [0.29, 0.717) is 25.2 Å². The third kappa shape index (κ3) is 4.32. The Balaban J connectivity index is 1.53. The molecule has 1 aliphatic rings. The van der Waals surface area contributed by atoms with E-state index in [0.717, 1.165) is 0 Å². The Kier molecular flexibility index (Phi) is 4.92. The van der Waals surface area contributed by atoms with E-state index in [-0.39, 0.29) is 23.3 Å². The number of halogens is 2. The maximum atomic E-state index is 13.2. The van der Waals surface area contributed by atoms with Gasteiger partial charge in [-0.25, -0.2) is 13.6 Å². The number of rotatable bonds is 3. The Morgan fingerprint density at radius 3 is 2.52 bits per heavy atom. The Morgan fingerprint density at radius 1 is 1.04 bits per heavy atom. The van der Waals surface area contributed by atoms with Crippen molar-refractivity contribution in [1.82, 2.24) is 10.2 Å². The lowest BCUT2D eigenvalue weighted by molar-refractivity contribution is 0.0789. The van der Waals surface area contributed by atoms with Gasteiger partial charge in [-0.05, 0) is 48.9 Å². The number of likely N-dealkylation sites (tertiary alicyclic amines) is 1. The summed E-state index contributed by atoms with van der Waals surface area (Å²) >= 11 is 0. The lowest BCUT2D eigenvalue weighted by atomic mass is 10.2. The molecule has 1 atom stereocenters. The Bertz CT molecular complexity index is 780. The Labute approximate surface area is 143 Å². The number of hydrogen-bond donors (Lipinski definition) is 2. The van der Waals surface area contributed by atoms with Crippen LogP contribution in [0.1, 0.15) is 16.8 Å². The van der Waals surface area contributed by atoms with E-state index in [4.69, 9.17) is 0 Å². The lowest BCUT2D eigenvalue weighted by Gasteiger charge is -2.17. The van der Waals surface area contributed by atoms with Gasteiger partial charge in [0.2, 0.25) is 0 Å². The van der Waals surface area contributed by atoms with Crippen LogP contribution < -0.4 is 10.6 Å². The highest BCUT2D eigenvalue weighted by atomic mass is 19.1. The summed E-state index contributed by atoms with van der Waals surface area (Å²) in [7, 11) is 0. The van der Waals surface area contributed by atoms with Crippen molar-refractivity contribution in [2.45, 2.75) is 12.5 Å². The number of hydrogen-bond acceptors (Lipinski definition) is 2. The van der Waals surface area contributed by atoms with Crippen molar-refractivity contribution in [3.63, 3.8) is 0 Å². The summed E-state index contributed by atoms with van der Waals surface area (Å²) in [5.41, 5.74) is 0.765. The quantitative estimate of drug-likeness (QED) is 0.898. The first-order chi connectivity index (χ1) is 12.0. The summed E-state index contributed by atoms with van der Waals surface area (Å²) in [6.07, 6.45) is 0.609. The van der Waals surface area contributed by atoms with E-state index in [1.165, 1.54) is 42.5 Å². The molecule has 5 nitrogen and oxygen atoms in total. The van der Waals surface area contributed by atoms with Gasteiger partial charge in [-0.3, -0.25) is 4.79 Å². The molecule has 0 saturated carbocycles. The largest absolute Gasteiger partial charge is 0.337 e. The molecule has 3 amide bonds. The van der Waals surface area contributed by atoms with Crippen LogP contribution in [0.2, 0.25) is 0 Å². The third-order valence-corrected chi connectivity index (χ3v) is 3.98. The molecule has 1 saturated heterocycles. The highest BCUT2D eigenvalue weighted by Crippen LogP contribution is 2.15. The number of nitrogens with zero attached hydrogens (tertiary/aromatic N) is 1. The van der Waals surface area contributed by atoms with Gasteiger partial charge in [0.25, 0.3) is 5.91 Å². The molecule has 0 aromatic heterocycles. The van der Waals surface area contributed by atoms with Crippen LogP contribution in [0, 0.1) is 11.6 Å². The normalized spacial score (nSPS) is 16.6. The van der Waals surface area contributed by atoms with Crippen molar-refractivity contribution in [2.24, 2.45) is 0 Å². The number of carbonyl (C=O) groups is 2. The third-order valence-electron chi connectivity index (χ3n) is 3.98. The summed E-state index contributed by atoms with van der Waals surface area (Å²) in [4.78, 5) is 25.9. The molecule has 3 rings (SSSR count). The first-order valence-electron chi connectivity index (χ1n) is 7.89. The summed E-state index contributed by atoms with van der Waals surface area (Å²) < 4.78 is 26.1. The van der Waals surface area contributed by atoms with Gasteiger partial charge < -0.3 is 15.5 Å². The van der Waals surface area contributed by atoms with Gasteiger partial charge in [0.15, 0.2) is 0 Å². The van der Waals surface area contributed by atoms with Gasteiger partial charge in [0.1, 0.15) is 11.6 Å². The molecule has 2 N–H and O–H groups in total. The molecule has 2 aromatic rings. The molecule has 0 radical (unpaired) electrons. The fraction of sp³-hybridized carbons (Fsp3) is 0.222. The van der Waals surface area contributed by atoms with Crippen LogP contribution in [0.25, 0.3) is 0 Å². The molecule has 1 fully saturated rings. The minimum absolute atomic E-state index is 0.196. The molecule has 7 heteroatoms. The maximum absolute atomic E-state index is 13.2. The summed E-state index contributed by atoms with van der Waals surface area (Å²) in [6, 6.07) is 10.4. The topological polar surface area (TPSA) is 61.4 Å². The summed E-state index contributed by atoms with van der Waals surface area (Å²) in [5, 5.41) is 5.39. The zero-order chi connectivity index (χ0) is 17.8. The number of benzene rings is 2. The van der Waals surface area contributed by atoms with Crippen molar-refractivity contribution < 1.29 is 18.4 Å². The maximum Gasteiger partial charge on any atom is 0.319 e. The zero-order valence-electron chi connectivity index (χ0n) is 13.3. The van der Waals surface area contributed by atoms with Crippen LogP contribution in [0.5, 0.6) is 0 Å². The predicted molar refractivity (Wildman–Crippen MR) is 89.3 cm³/mol. The van der Waals surface area contributed by atoms with Gasteiger partial charge in [-0.2, -0.15) is 0 Å². The van der Waals surface area contributed by atoms with Crippen molar-refractivity contribution in [1.29, 1.82) is 0 Å². The number of amides is 3. The minimum Gasteiger partial charge on any atom is -0.337 e. The monoisotopic (exact) mass is 345 g/mol. The second kappa shape index (κ2) is 7.29. The van der Waals surface area contributed by atoms with Crippen molar-refractivity contribution >= 4 is 17.6 Å². The average molecular weight is 345 g/mol. The van der Waals surface area contributed by atoms with Crippen LogP contribution in [-0.4, -0.2) is 36.0 Å². The van der Waals surface area contributed by atoms with Crippen molar-refractivity contribution in [3.05, 3.63) is 65.7 Å². The molecule has 25 heavy (non-hydrogen) atoms. The second-order valence-electron chi connectivity index (χ2n) is 5.85. The van der Waals surface area contributed by atoms with E-state index in [1.807, 2.05) is 0 Å². The van der Waals surface area contributed by atoms with E-state index in [9.17, 15) is 18.4 Å². The molecule has 0 spiro atoms. The van der Waals surface area contributed by atoms with E-state index >= 15 is 0 Å². The van der Waals surface area contributed by atoms with Crippen molar-refractivity contribution in [2.75, 3.05) is 18.4 Å². The van der Waals surface area contributed by atoms with Gasteiger partial charge in [0, 0.05) is 30.4 Å². The van der Waals surface area contributed by atoms with Gasteiger partial charge in [-0.1, -0.05) is 6.07 Å². The van der Waals surface area contributed by atoms with Crippen LogP contribution >= 0.6 is 0 Å². The van der Waals surface area contributed by atoms with Gasteiger partial charge in [0.05, 0.1) is 0 Å². The molecule has 0 bridgehead atoms. The minimum atomic E-state index is -0.460. The van der Waals surface area contributed by atoms with Crippen LogP contribution in [0.15, 0.2) is 48.5 Å². The molecule has 1 heterocycles. The fourth-order valence-electron chi connectivity index (χ4n) is 2.75. The summed E-state index contributed by atoms with van der Waals surface area (Å²) in [6.45, 7) is 0.836. The van der Waals surface area contributed by atoms with E-state index in [1.54, 1.807) is 11.0 Å². The number of urea groups is 1. The highest BCUT2D eigenvalue weighted by molar-refractivity contribution is 5.94. The lowest BCUT2D eigenvalue weighted by Crippen LogP contribution is -2.40. The molecule has 1 aliphatic heterocycles. The average Bonchev–Trinajstić information content (AvgIpc) is 3.04. The molecular weight excluding hydrogens is 328 g/mol. The molecule has 0 unspecified atom stereocenters. The number of nitrogens with one attached hydrogen (secondary N) is 2. The first-order valence-corrected chi connectivity index (χ1v) is 7.89. The molecular formula is C18H17F2N3O2. The Hall–Kier alpha value is -2.96. The van der Waals surface area contributed by atoms with E-state index in [2.05, 4.69) is 10.6 Å². The highest BCUT2D eigenvalue weighted by Gasteiger charge is 2.28. The number of anilines is 1. The zero-order valence-corrected chi connectivity index (χ0v) is 13.3. The molecule has 0 aliphatic carbocycles. The van der Waals surface area contributed by atoms with Crippen LogP contribution in [-0.2, 0) is 0 Å². The standard InChI is InChI=1S/C18H17F2N3O2/c19-13-4-6-15(7-5-13)21-18(25)22-16-8-9-23(11-16)17(24)12-2-1-3-14(20)10-12/h1-7,10,16H,8-9,11H2,(H2,21,22,25)/t16-/m1/s1. The van der Waals surface area contributed by atoms with E-state index < -0.39 is 11.8 Å². The molecule has 130 valence electrons. The Morgan fingerprint density at radius 2 is 1.80 bits per heavy atom. The smallest absolute Gasteiger partial charge is 0.319 e. The molecule has 2 aromatic carbocycles. The van der Waals surface area contributed by atoms with Gasteiger partial charge >= 0.3 is 6.03 Å². The fourth-order valence-corrected chi connectivity index (χ4v) is 2.75. The number of carbonyl (C=O) groups excluding carboxylic acids is 2. The first kappa shape index (κ1) is 16.9. The summed E-state index contributed by atoms with van der Waals surface area (Å²) in [5.74, 6) is -1.10. The van der Waals surface area contributed by atoms with Crippen LogP contribution in [0.4, 0.5) is 19.3 Å². The van der Waals surface area contributed by atoms with Gasteiger partial charge in [-0.15, -0.1) is 0 Å². The van der Waals surface area contributed by atoms with Crippen LogP contribution in [0.3, 0.4) is 0 Å². The predicted octanol–water partition coefficient (Wildman–Crippen LogP) is 3.00. The van der Waals surface area contributed by atoms with Crippen molar-refractivity contribution in [3.8, 4) is 0 Å².